The van der Waals surface area contributed by atoms with Gasteiger partial charge in [0, 0.05) is 0 Å². The molecule has 2 aliphatic rings. The highest BCUT2D eigenvalue weighted by molar-refractivity contribution is 4.86. The van der Waals surface area contributed by atoms with E-state index >= 15 is 0 Å². The van der Waals surface area contributed by atoms with Crippen LogP contribution in [0, 0.1) is 29.6 Å². The molecule has 0 spiro atoms. The van der Waals surface area contributed by atoms with Crippen LogP contribution in [0.5, 0.6) is 0 Å². The van der Waals surface area contributed by atoms with Crippen molar-refractivity contribution >= 4 is 0 Å². The summed E-state index contributed by atoms with van der Waals surface area (Å²) in [6, 6.07) is 0. The minimum absolute atomic E-state index is 0.964. The van der Waals surface area contributed by atoms with Crippen LogP contribution in [0.25, 0.3) is 0 Å². The minimum atomic E-state index is 0.964. The Morgan fingerprint density at radius 2 is 1.71 bits per heavy atom. The Kier molecular flexibility index (Phi) is 4.90. The summed E-state index contributed by atoms with van der Waals surface area (Å²) in [5, 5.41) is 3.43. The molecule has 0 radical (unpaired) electrons. The van der Waals surface area contributed by atoms with Gasteiger partial charge in [-0.25, -0.2) is 0 Å². The van der Waals surface area contributed by atoms with Crippen molar-refractivity contribution in [3.05, 3.63) is 0 Å². The molecule has 2 rings (SSSR count). The van der Waals surface area contributed by atoms with Gasteiger partial charge in [0.2, 0.25) is 0 Å². The number of rotatable bonds is 3. The van der Waals surface area contributed by atoms with Crippen LogP contribution in [-0.2, 0) is 0 Å². The first-order valence-electron chi connectivity index (χ1n) is 7.85. The van der Waals surface area contributed by atoms with Crippen LogP contribution < -0.4 is 5.32 Å². The molecule has 5 atom stereocenters. The molecule has 2 saturated carbocycles. The van der Waals surface area contributed by atoms with E-state index in [-0.39, 0.29) is 0 Å². The van der Waals surface area contributed by atoms with Crippen LogP contribution in [0.4, 0.5) is 0 Å². The van der Waals surface area contributed by atoms with Gasteiger partial charge in [-0.15, -0.1) is 0 Å². The van der Waals surface area contributed by atoms with E-state index in [0.29, 0.717) is 0 Å². The van der Waals surface area contributed by atoms with Crippen LogP contribution in [0.3, 0.4) is 0 Å². The fraction of sp³-hybridized carbons (Fsp3) is 1.00. The third-order valence-electron chi connectivity index (χ3n) is 5.36. The van der Waals surface area contributed by atoms with E-state index in [9.17, 15) is 0 Å². The summed E-state index contributed by atoms with van der Waals surface area (Å²) in [7, 11) is 2.12. The lowest BCUT2D eigenvalue weighted by atomic mass is 9.64. The Morgan fingerprint density at radius 3 is 2.41 bits per heavy atom. The summed E-state index contributed by atoms with van der Waals surface area (Å²) < 4.78 is 0. The molecule has 0 aromatic carbocycles. The summed E-state index contributed by atoms with van der Waals surface area (Å²) in [6.45, 7) is 6.18. The highest BCUT2D eigenvalue weighted by Gasteiger charge is 2.35. The van der Waals surface area contributed by atoms with Gasteiger partial charge in [0.15, 0.2) is 0 Å². The molecule has 1 N–H and O–H groups in total. The third-order valence-corrected chi connectivity index (χ3v) is 5.36. The molecule has 0 amide bonds. The van der Waals surface area contributed by atoms with Gasteiger partial charge in [-0.3, -0.25) is 0 Å². The van der Waals surface area contributed by atoms with Gasteiger partial charge in [-0.1, -0.05) is 39.5 Å². The molecule has 1 nitrogen and oxygen atoms in total. The normalized spacial score (nSPS) is 43.6. The van der Waals surface area contributed by atoms with Gasteiger partial charge >= 0.3 is 0 Å². The zero-order valence-electron chi connectivity index (χ0n) is 12.0. The molecular formula is C16H31N. The molecule has 5 unspecified atom stereocenters. The highest BCUT2D eigenvalue weighted by atomic mass is 14.8. The van der Waals surface area contributed by atoms with E-state index in [4.69, 9.17) is 0 Å². The summed E-state index contributed by atoms with van der Waals surface area (Å²) in [5.74, 6) is 4.99. The van der Waals surface area contributed by atoms with Gasteiger partial charge in [0.05, 0.1) is 0 Å². The Labute approximate surface area is 108 Å². The quantitative estimate of drug-likeness (QED) is 0.780. The second-order valence-electron chi connectivity index (χ2n) is 6.93. The first-order valence-corrected chi connectivity index (χ1v) is 7.85. The number of hydrogen-bond donors (Lipinski definition) is 1. The fourth-order valence-electron chi connectivity index (χ4n) is 4.45. The van der Waals surface area contributed by atoms with E-state index in [1.54, 1.807) is 0 Å². The van der Waals surface area contributed by atoms with E-state index in [0.717, 1.165) is 29.6 Å². The molecule has 2 aliphatic carbocycles. The van der Waals surface area contributed by atoms with Gasteiger partial charge in [0.1, 0.15) is 0 Å². The van der Waals surface area contributed by atoms with Crippen molar-refractivity contribution in [1.82, 2.24) is 5.32 Å². The Balaban J connectivity index is 1.97. The molecule has 17 heavy (non-hydrogen) atoms. The predicted molar refractivity (Wildman–Crippen MR) is 75.0 cm³/mol. The monoisotopic (exact) mass is 237 g/mol. The molecule has 2 fully saturated rings. The maximum atomic E-state index is 3.43. The van der Waals surface area contributed by atoms with Crippen molar-refractivity contribution in [3.8, 4) is 0 Å². The molecule has 1 heteroatoms. The van der Waals surface area contributed by atoms with Gasteiger partial charge in [0.25, 0.3) is 0 Å². The molecule has 0 bridgehead atoms. The minimum Gasteiger partial charge on any atom is -0.319 e. The molecule has 0 aromatic rings. The number of nitrogens with one attached hydrogen (secondary N) is 1. The van der Waals surface area contributed by atoms with Crippen LogP contribution in [-0.4, -0.2) is 13.6 Å². The van der Waals surface area contributed by atoms with Crippen molar-refractivity contribution in [2.75, 3.05) is 13.6 Å². The van der Waals surface area contributed by atoms with Crippen molar-refractivity contribution in [1.29, 1.82) is 0 Å². The van der Waals surface area contributed by atoms with Crippen LogP contribution >= 0.6 is 0 Å². The molecule has 0 saturated heterocycles. The summed E-state index contributed by atoms with van der Waals surface area (Å²) >= 11 is 0. The van der Waals surface area contributed by atoms with Crippen molar-refractivity contribution in [3.63, 3.8) is 0 Å². The topological polar surface area (TPSA) is 12.0 Å². The van der Waals surface area contributed by atoms with E-state index in [1.165, 1.54) is 51.5 Å². The highest BCUT2D eigenvalue weighted by Crippen LogP contribution is 2.44. The summed E-state index contributed by atoms with van der Waals surface area (Å²) in [5.41, 5.74) is 0. The van der Waals surface area contributed by atoms with Crippen molar-refractivity contribution in [2.24, 2.45) is 29.6 Å². The van der Waals surface area contributed by atoms with Gasteiger partial charge < -0.3 is 5.32 Å². The lowest BCUT2D eigenvalue weighted by Gasteiger charge is -2.42. The van der Waals surface area contributed by atoms with Crippen LogP contribution in [0.2, 0.25) is 0 Å². The maximum Gasteiger partial charge on any atom is -0.00208 e. The first kappa shape index (κ1) is 13.4. The predicted octanol–water partition coefficient (Wildman–Crippen LogP) is 4.08. The average molecular weight is 237 g/mol. The smallest absolute Gasteiger partial charge is 0.00208 e. The van der Waals surface area contributed by atoms with Crippen LogP contribution in [0.15, 0.2) is 0 Å². The molecule has 0 aliphatic heterocycles. The summed E-state index contributed by atoms with van der Waals surface area (Å²) in [4.78, 5) is 0. The largest absolute Gasteiger partial charge is 0.319 e. The SMILES string of the molecule is CNCC1CCC(C)CC1C1CCCC(C)C1. The second kappa shape index (κ2) is 6.22. The molecule has 100 valence electrons. The third kappa shape index (κ3) is 3.47. The Hall–Kier alpha value is -0.0400. The van der Waals surface area contributed by atoms with Gasteiger partial charge in [-0.2, -0.15) is 0 Å². The average Bonchev–Trinajstić information content (AvgIpc) is 2.32. The van der Waals surface area contributed by atoms with E-state index < -0.39 is 0 Å². The second-order valence-corrected chi connectivity index (χ2v) is 6.93. The van der Waals surface area contributed by atoms with Crippen LogP contribution in [0.1, 0.15) is 58.8 Å². The molecule has 0 aromatic heterocycles. The van der Waals surface area contributed by atoms with E-state index in [1.807, 2.05) is 0 Å². The maximum absolute atomic E-state index is 3.43. The standard InChI is InChI=1S/C16H31N/c1-12-5-4-6-14(9-12)16-10-13(2)7-8-15(16)11-17-3/h12-17H,4-11H2,1-3H3. The van der Waals surface area contributed by atoms with Crippen molar-refractivity contribution < 1.29 is 0 Å². The zero-order valence-corrected chi connectivity index (χ0v) is 12.0. The number of hydrogen-bond acceptors (Lipinski definition) is 1. The van der Waals surface area contributed by atoms with Gasteiger partial charge in [-0.05, 0) is 62.4 Å². The Morgan fingerprint density at radius 1 is 0.941 bits per heavy atom. The Bertz CT molecular complexity index is 226. The molecule has 0 heterocycles. The fourth-order valence-corrected chi connectivity index (χ4v) is 4.45. The zero-order chi connectivity index (χ0) is 12.3. The lowest BCUT2D eigenvalue weighted by molar-refractivity contribution is 0.0878. The first-order chi connectivity index (χ1) is 8.20. The van der Waals surface area contributed by atoms with Crippen molar-refractivity contribution in [2.45, 2.75) is 58.8 Å². The molecular weight excluding hydrogens is 206 g/mol. The van der Waals surface area contributed by atoms with E-state index in [2.05, 4.69) is 26.2 Å². The lowest BCUT2D eigenvalue weighted by Crippen LogP contribution is -2.37. The summed E-state index contributed by atoms with van der Waals surface area (Å²) in [6.07, 6.45) is 10.4.